The Morgan fingerprint density at radius 3 is 2.33 bits per heavy atom. The number of benzene rings is 6. The fourth-order valence-electron chi connectivity index (χ4n) is 14.5. The number of hydrogen-bond acceptors (Lipinski definition) is 4. The maximum Gasteiger partial charge on any atom is 0.155 e. The molecule has 7 aromatic rings. The first-order valence-corrected chi connectivity index (χ1v) is 28.9. The van der Waals surface area contributed by atoms with Crippen molar-refractivity contribution >= 4 is 61.8 Å². The predicted molar refractivity (Wildman–Crippen MR) is 327 cm³/mol. The minimum atomic E-state index is -0.491. The predicted octanol–water partition coefficient (Wildman–Crippen LogP) is 17.7. The zero-order chi connectivity index (χ0) is 53.2. The molecule has 0 bridgehead atoms. The van der Waals surface area contributed by atoms with Crippen molar-refractivity contribution in [3.05, 3.63) is 249 Å². The highest BCUT2D eigenvalue weighted by Crippen LogP contribution is 2.56. The molecule has 0 saturated carbocycles. The van der Waals surface area contributed by atoms with Gasteiger partial charge in [-0.1, -0.05) is 199 Å². The van der Waals surface area contributed by atoms with E-state index in [0.717, 1.165) is 59.8 Å². The minimum absolute atomic E-state index is 0.107. The van der Waals surface area contributed by atoms with Crippen LogP contribution in [0, 0.1) is 17.8 Å². The van der Waals surface area contributed by atoms with Gasteiger partial charge < -0.3 is 19.0 Å². The summed E-state index contributed by atoms with van der Waals surface area (Å²) in [6, 6.07) is 43.3. The number of ether oxygens (including phenoxy) is 1. The van der Waals surface area contributed by atoms with Crippen molar-refractivity contribution in [2.45, 2.75) is 110 Å². The molecule has 6 unspecified atom stereocenters. The lowest BCUT2D eigenvalue weighted by Crippen LogP contribution is -2.39. The van der Waals surface area contributed by atoms with Gasteiger partial charge in [-0.05, 0) is 139 Å². The maximum atomic E-state index is 7.35. The first-order chi connectivity index (χ1) is 37.9. The summed E-state index contributed by atoms with van der Waals surface area (Å²) in [6.07, 6.45) is 34.5. The Hall–Kier alpha value is -7.82. The van der Waals surface area contributed by atoms with Crippen LogP contribution in [0.2, 0.25) is 0 Å². The molecule has 7 aliphatic rings. The molecule has 6 atom stereocenters. The molecule has 6 aliphatic carbocycles. The Balaban J connectivity index is 1.09. The van der Waals surface area contributed by atoms with Crippen LogP contribution in [-0.4, -0.2) is 5.60 Å². The summed E-state index contributed by atoms with van der Waals surface area (Å²) in [5, 5.41) is 6.48. The molecule has 0 saturated heterocycles. The summed E-state index contributed by atoms with van der Waals surface area (Å²) >= 11 is 0. The number of rotatable bonds is 10. The highest BCUT2D eigenvalue weighted by molar-refractivity contribution is 6.04. The molecule has 0 amide bonds. The Bertz CT molecular complexity index is 4050. The average Bonchev–Trinajstić information content (AvgIpc) is 3.87. The topological polar surface area (TPSA) is 28.9 Å². The van der Waals surface area contributed by atoms with Gasteiger partial charge in [0.05, 0.1) is 28.5 Å². The Morgan fingerprint density at radius 1 is 0.705 bits per heavy atom. The summed E-state index contributed by atoms with van der Waals surface area (Å²) in [5.74, 6) is 3.55. The fourth-order valence-corrected chi connectivity index (χ4v) is 14.5. The molecule has 0 fully saturated rings. The van der Waals surface area contributed by atoms with E-state index in [1.807, 2.05) is 0 Å². The van der Waals surface area contributed by atoms with Crippen molar-refractivity contribution in [1.29, 1.82) is 0 Å². The van der Waals surface area contributed by atoms with Gasteiger partial charge in [0.25, 0.3) is 0 Å². The molecule has 4 nitrogen and oxygen atoms in total. The molecule has 0 spiro atoms. The molecular weight excluding hydrogens is 949 g/mol. The number of anilines is 3. The molecule has 2 heterocycles. The van der Waals surface area contributed by atoms with Crippen molar-refractivity contribution in [3.8, 4) is 5.75 Å². The standard InChI is InChI=1S/C74H70N2O2/c1-45(2)58-43-64(75(62-27-14-12-23-51(62)49-33-31-47(5)32-34-49)66-42-48(6)41-60-52-24-13-15-29-67(52)77-71(60)66)56-37-35-54-59(46(3)4)44-65(57-38-36-53(58)69(56)70(54)57)76(68-30-17-18-39-73(68,7)50-21-10-9-11-22-50)63-28-20-25-55-61-26-16-19-40-74(61,8)78-72(55)63/h9-31,33-35,37-38,40,42-48,53,61H,32,36,39,41H2,1-8H3. The first-order valence-electron chi connectivity index (χ1n) is 28.9. The molecule has 0 radical (unpaired) electrons. The Labute approximate surface area is 460 Å². The zero-order valence-electron chi connectivity index (χ0n) is 46.5. The number of nitrogens with zero attached hydrogens (tertiary/aromatic N) is 2. The second-order valence-corrected chi connectivity index (χ2v) is 24.3. The summed E-state index contributed by atoms with van der Waals surface area (Å²) in [4.78, 5) is 5.25. The van der Waals surface area contributed by atoms with Crippen LogP contribution in [0.3, 0.4) is 0 Å². The molecule has 0 N–H and O–H groups in total. The molecule has 14 rings (SSSR count). The summed E-state index contributed by atoms with van der Waals surface area (Å²) in [7, 11) is 0. The van der Waals surface area contributed by atoms with E-state index in [-0.39, 0.29) is 29.1 Å². The smallest absolute Gasteiger partial charge is 0.155 e. The van der Waals surface area contributed by atoms with E-state index < -0.39 is 5.60 Å². The number of para-hydroxylation sites is 3. The zero-order valence-corrected chi connectivity index (χ0v) is 46.5. The molecule has 6 aromatic carbocycles. The van der Waals surface area contributed by atoms with Crippen LogP contribution in [0.5, 0.6) is 5.75 Å². The Kier molecular flexibility index (Phi) is 11.5. The van der Waals surface area contributed by atoms with E-state index in [9.17, 15) is 0 Å². The lowest BCUT2D eigenvalue weighted by molar-refractivity contribution is 0.156. The van der Waals surface area contributed by atoms with Crippen LogP contribution in [0.25, 0.3) is 44.8 Å². The first kappa shape index (κ1) is 48.5. The van der Waals surface area contributed by atoms with Crippen molar-refractivity contribution < 1.29 is 9.15 Å². The highest BCUT2D eigenvalue weighted by atomic mass is 16.5. The normalized spacial score (nSPS) is 24.3. The molecular formula is C74H70N2O2. The van der Waals surface area contributed by atoms with E-state index in [1.165, 1.54) is 88.2 Å². The van der Waals surface area contributed by atoms with Gasteiger partial charge in [-0.15, -0.1) is 0 Å². The van der Waals surface area contributed by atoms with E-state index in [4.69, 9.17) is 9.15 Å². The maximum absolute atomic E-state index is 7.35. The van der Waals surface area contributed by atoms with Crippen LogP contribution >= 0.6 is 0 Å². The molecule has 4 heteroatoms. The van der Waals surface area contributed by atoms with Gasteiger partial charge in [0.1, 0.15) is 16.9 Å². The third-order valence-corrected chi connectivity index (χ3v) is 18.5. The third kappa shape index (κ3) is 7.45. The van der Waals surface area contributed by atoms with Crippen molar-refractivity contribution in [2.24, 2.45) is 17.8 Å². The van der Waals surface area contributed by atoms with Crippen LogP contribution in [0.1, 0.15) is 132 Å². The largest absolute Gasteiger partial charge is 0.480 e. The Morgan fingerprint density at radius 2 is 1.51 bits per heavy atom. The second kappa shape index (κ2) is 18.4. The molecule has 1 aromatic heterocycles. The number of hydrogen-bond donors (Lipinski definition) is 0. The monoisotopic (exact) mass is 1020 g/mol. The van der Waals surface area contributed by atoms with Crippen LogP contribution in [-0.2, 0) is 11.8 Å². The highest BCUT2D eigenvalue weighted by Gasteiger charge is 2.46. The number of fused-ring (bicyclic) bond motifs is 6. The number of furan rings is 1. The van der Waals surface area contributed by atoms with Crippen molar-refractivity contribution in [3.63, 3.8) is 0 Å². The van der Waals surface area contributed by atoms with E-state index >= 15 is 0 Å². The van der Waals surface area contributed by atoms with Gasteiger partial charge in [-0.3, -0.25) is 0 Å². The van der Waals surface area contributed by atoms with Crippen molar-refractivity contribution in [1.82, 2.24) is 0 Å². The van der Waals surface area contributed by atoms with Crippen molar-refractivity contribution in [2.75, 3.05) is 9.80 Å². The van der Waals surface area contributed by atoms with Crippen LogP contribution < -0.4 is 25.0 Å². The van der Waals surface area contributed by atoms with Gasteiger partial charge in [0, 0.05) is 55.5 Å². The van der Waals surface area contributed by atoms with Gasteiger partial charge in [-0.2, -0.15) is 0 Å². The number of allylic oxidation sites excluding steroid dienone is 12. The van der Waals surface area contributed by atoms with Crippen LogP contribution in [0.15, 0.2) is 204 Å². The average molecular weight is 1020 g/mol. The van der Waals surface area contributed by atoms with E-state index in [2.05, 4.69) is 259 Å². The summed E-state index contributed by atoms with van der Waals surface area (Å²) in [5.41, 5.74) is 17.6. The second-order valence-electron chi connectivity index (χ2n) is 24.3. The molecule has 78 heavy (non-hydrogen) atoms. The molecule has 388 valence electrons. The van der Waals surface area contributed by atoms with Crippen LogP contribution in [0.4, 0.5) is 17.1 Å². The summed E-state index contributed by atoms with van der Waals surface area (Å²) in [6.45, 7) is 18.9. The SMILES string of the molecule is CC1C=CC(c2ccccc2N(C2=CC(C)Cc3c2oc2ccccc32)C2=c3ccc4c(C(C)C)cc(N(C5=CC=CCC5(C)c5ccccc5)c5cccc6c5OC5(C)C=CC=CC65)c5c4c3C(CC=5)C(C(C)C)=C2)=CC1. The lowest BCUT2D eigenvalue weighted by Gasteiger charge is -2.43. The quantitative estimate of drug-likeness (QED) is 0.137. The van der Waals surface area contributed by atoms with E-state index in [0.29, 0.717) is 11.8 Å². The van der Waals surface area contributed by atoms with Gasteiger partial charge in [0.2, 0.25) is 0 Å². The van der Waals surface area contributed by atoms with Gasteiger partial charge >= 0.3 is 0 Å². The molecule has 1 aliphatic heterocycles. The van der Waals surface area contributed by atoms with Gasteiger partial charge in [-0.25, -0.2) is 0 Å². The summed E-state index contributed by atoms with van der Waals surface area (Å²) < 4.78 is 14.5. The minimum Gasteiger partial charge on any atom is -0.480 e. The lowest BCUT2D eigenvalue weighted by atomic mass is 9.72. The fraction of sp³-hybridized carbons (Fsp3) is 0.270. The van der Waals surface area contributed by atoms with Gasteiger partial charge in [0.15, 0.2) is 5.76 Å². The van der Waals surface area contributed by atoms with E-state index in [1.54, 1.807) is 0 Å². The third-order valence-electron chi connectivity index (χ3n) is 18.5.